The Morgan fingerprint density at radius 3 is 2.45 bits per heavy atom. The zero-order valence-electron chi connectivity index (χ0n) is 13.1. The minimum absolute atomic E-state index is 0.282. The number of hydrogen-bond acceptors (Lipinski definition) is 4. The summed E-state index contributed by atoms with van der Waals surface area (Å²) in [6.07, 6.45) is 2.60. The molecule has 122 valence electrons. The van der Waals surface area contributed by atoms with Gasteiger partial charge in [-0.15, -0.1) is 6.58 Å². The molecule has 6 nitrogen and oxygen atoms in total. The highest BCUT2D eigenvalue weighted by Gasteiger charge is 2.28. The first kappa shape index (κ1) is 18.0. The number of rotatable bonds is 8. The van der Waals surface area contributed by atoms with E-state index in [1.54, 1.807) is 24.3 Å². The van der Waals surface area contributed by atoms with Gasteiger partial charge in [0.1, 0.15) is 11.8 Å². The molecule has 1 amide bonds. The Balaban J connectivity index is 3.08. The molecular formula is C15H22N2O4S. The Hall–Kier alpha value is -2.02. The fourth-order valence-electron chi connectivity index (χ4n) is 1.99. The van der Waals surface area contributed by atoms with Crippen molar-refractivity contribution in [3.63, 3.8) is 0 Å². The molecule has 1 aromatic carbocycles. The zero-order chi connectivity index (χ0) is 16.8. The summed E-state index contributed by atoms with van der Waals surface area (Å²) in [4.78, 5) is 12.0. The summed E-state index contributed by atoms with van der Waals surface area (Å²) in [5.41, 5.74) is 0.409. The molecule has 0 fully saturated rings. The van der Waals surface area contributed by atoms with E-state index in [0.29, 0.717) is 18.0 Å². The molecule has 0 bridgehead atoms. The van der Waals surface area contributed by atoms with E-state index < -0.39 is 16.1 Å². The van der Waals surface area contributed by atoms with Crippen molar-refractivity contribution < 1.29 is 17.9 Å². The van der Waals surface area contributed by atoms with Gasteiger partial charge < -0.3 is 10.1 Å². The molecule has 0 aliphatic rings. The number of hydrogen-bond donors (Lipinski definition) is 1. The van der Waals surface area contributed by atoms with E-state index in [1.807, 2.05) is 6.92 Å². The van der Waals surface area contributed by atoms with Gasteiger partial charge in [-0.1, -0.05) is 6.08 Å². The fourth-order valence-corrected chi connectivity index (χ4v) is 3.16. The van der Waals surface area contributed by atoms with Crippen LogP contribution >= 0.6 is 0 Å². The molecule has 0 radical (unpaired) electrons. The summed E-state index contributed by atoms with van der Waals surface area (Å²) in [5.74, 6) is 0.252. The second-order valence-electron chi connectivity index (χ2n) is 4.70. The van der Waals surface area contributed by atoms with Gasteiger partial charge in [-0.25, -0.2) is 8.42 Å². The molecule has 0 saturated heterocycles. The highest BCUT2D eigenvalue weighted by molar-refractivity contribution is 7.92. The molecule has 7 heteroatoms. The number of nitrogens with one attached hydrogen (secondary N) is 1. The quantitative estimate of drug-likeness (QED) is 0.735. The fraction of sp³-hybridized carbons (Fsp3) is 0.400. The third-order valence-corrected chi connectivity index (χ3v) is 4.15. The Kier molecular flexibility index (Phi) is 6.42. The van der Waals surface area contributed by atoms with Crippen LogP contribution in [0.5, 0.6) is 5.75 Å². The Labute approximate surface area is 131 Å². The van der Waals surface area contributed by atoms with Gasteiger partial charge in [-0.2, -0.15) is 0 Å². The lowest BCUT2D eigenvalue weighted by molar-refractivity contribution is -0.121. The molecular weight excluding hydrogens is 304 g/mol. The molecule has 0 aliphatic heterocycles. The highest BCUT2D eigenvalue weighted by atomic mass is 32.2. The van der Waals surface area contributed by atoms with E-state index in [1.165, 1.54) is 13.0 Å². The number of ether oxygens (including phenoxy) is 1. The maximum atomic E-state index is 12.1. The molecule has 1 unspecified atom stereocenters. The van der Waals surface area contributed by atoms with Crippen LogP contribution in [0.15, 0.2) is 36.9 Å². The maximum Gasteiger partial charge on any atom is 0.243 e. The largest absolute Gasteiger partial charge is 0.494 e. The normalized spacial score (nSPS) is 12.3. The van der Waals surface area contributed by atoms with Gasteiger partial charge >= 0.3 is 0 Å². The summed E-state index contributed by atoms with van der Waals surface area (Å²) in [5, 5.41) is 2.60. The van der Waals surface area contributed by atoms with E-state index in [-0.39, 0.29) is 12.5 Å². The lowest BCUT2D eigenvalue weighted by atomic mass is 10.2. The van der Waals surface area contributed by atoms with Gasteiger partial charge in [0.2, 0.25) is 15.9 Å². The first-order chi connectivity index (χ1) is 10.3. The first-order valence-corrected chi connectivity index (χ1v) is 8.77. The van der Waals surface area contributed by atoms with Crippen LogP contribution in [0, 0.1) is 0 Å². The van der Waals surface area contributed by atoms with Crippen molar-refractivity contribution >= 4 is 21.6 Å². The minimum Gasteiger partial charge on any atom is -0.494 e. The van der Waals surface area contributed by atoms with Crippen LogP contribution in [0.1, 0.15) is 13.8 Å². The van der Waals surface area contributed by atoms with Crippen LogP contribution in [0.3, 0.4) is 0 Å². The van der Waals surface area contributed by atoms with Crippen LogP contribution in [-0.2, 0) is 14.8 Å². The summed E-state index contributed by atoms with van der Waals surface area (Å²) in [6, 6.07) is 5.71. The summed E-state index contributed by atoms with van der Waals surface area (Å²) < 4.78 is 30.5. The summed E-state index contributed by atoms with van der Waals surface area (Å²) >= 11 is 0. The third-order valence-electron chi connectivity index (χ3n) is 2.91. The number of amides is 1. The lowest BCUT2D eigenvalue weighted by Gasteiger charge is -2.28. The van der Waals surface area contributed by atoms with Crippen LogP contribution in [0.4, 0.5) is 5.69 Å². The third kappa shape index (κ3) is 4.77. The predicted molar refractivity (Wildman–Crippen MR) is 87.6 cm³/mol. The van der Waals surface area contributed by atoms with Gasteiger partial charge in [0.05, 0.1) is 18.6 Å². The molecule has 0 saturated carbocycles. The number of anilines is 1. The molecule has 0 spiro atoms. The Morgan fingerprint density at radius 1 is 1.41 bits per heavy atom. The molecule has 0 heterocycles. The SMILES string of the molecule is C=CCNC(=O)C(C)N(c1ccc(OCC)cc1)S(C)(=O)=O. The highest BCUT2D eigenvalue weighted by Crippen LogP contribution is 2.23. The van der Waals surface area contributed by atoms with Crippen LogP contribution in [0.25, 0.3) is 0 Å². The number of nitrogens with zero attached hydrogens (tertiary/aromatic N) is 1. The molecule has 22 heavy (non-hydrogen) atoms. The average molecular weight is 326 g/mol. The molecule has 1 N–H and O–H groups in total. The molecule has 0 aromatic heterocycles. The monoisotopic (exact) mass is 326 g/mol. The smallest absolute Gasteiger partial charge is 0.243 e. The van der Waals surface area contributed by atoms with E-state index >= 15 is 0 Å². The summed E-state index contributed by atoms with van der Waals surface area (Å²) in [7, 11) is -3.61. The van der Waals surface area contributed by atoms with Crippen molar-refractivity contribution in [1.82, 2.24) is 5.32 Å². The molecule has 1 atom stereocenters. The van der Waals surface area contributed by atoms with Crippen molar-refractivity contribution in [2.24, 2.45) is 0 Å². The number of sulfonamides is 1. The van der Waals surface area contributed by atoms with Crippen molar-refractivity contribution in [1.29, 1.82) is 0 Å². The lowest BCUT2D eigenvalue weighted by Crippen LogP contribution is -2.47. The second-order valence-corrected chi connectivity index (χ2v) is 6.55. The number of carbonyl (C=O) groups is 1. The van der Waals surface area contributed by atoms with Crippen LogP contribution in [-0.4, -0.2) is 39.8 Å². The minimum atomic E-state index is -3.61. The van der Waals surface area contributed by atoms with Crippen molar-refractivity contribution in [2.75, 3.05) is 23.7 Å². The standard InChI is InChI=1S/C15H22N2O4S/c1-5-11-16-15(18)12(3)17(22(4,19)20)13-7-9-14(10-8-13)21-6-2/h5,7-10,12H,1,6,11H2,2-4H3,(H,16,18). The molecule has 1 rings (SSSR count). The average Bonchev–Trinajstić information content (AvgIpc) is 2.45. The molecule has 0 aliphatic carbocycles. The van der Waals surface area contributed by atoms with E-state index in [4.69, 9.17) is 4.74 Å². The van der Waals surface area contributed by atoms with Gasteiger partial charge in [-0.3, -0.25) is 9.10 Å². The maximum absolute atomic E-state index is 12.1. The van der Waals surface area contributed by atoms with Crippen molar-refractivity contribution in [2.45, 2.75) is 19.9 Å². The first-order valence-electron chi connectivity index (χ1n) is 6.92. The van der Waals surface area contributed by atoms with Gasteiger partial charge in [-0.05, 0) is 38.1 Å². The van der Waals surface area contributed by atoms with E-state index in [0.717, 1.165) is 10.6 Å². The van der Waals surface area contributed by atoms with Gasteiger partial charge in [0.25, 0.3) is 0 Å². The van der Waals surface area contributed by atoms with E-state index in [9.17, 15) is 13.2 Å². The Morgan fingerprint density at radius 2 is 2.00 bits per heavy atom. The topological polar surface area (TPSA) is 75.7 Å². The van der Waals surface area contributed by atoms with Crippen LogP contribution in [0.2, 0.25) is 0 Å². The molecule has 1 aromatic rings. The van der Waals surface area contributed by atoms with Crippen molar-refractivity contribution in [3.8, 4) is 5.75 Å². The van der Waals surface area contributed by atoms with Gasteiger partial charge in [0, 0.05) is 6.54 Å². The van der Waals surface area contributed by atoms with E-state index in [2.05, 4.69) is 11.9 Å². The second kappa shape index (κ2) is 7.84. The zero-order valence-corrected chi connectivity index (χ0v) is 13.9. The van der Waals surface area contributed by atoms with Crippen molar-refractivity contribution in [3.05, 3.63) is 36.9 Å². The number of carbonyl (C=O) groups excluding carboxylic acids is 1. The number of benzene rings is 1. The predicted octanol–water partition coefficient (Wildman–Crippen LogP) is 1.54. The summed E-state index contributed by atoms with van der Waals surface area (Å²) in [6.45, 7) is 7.72. The Bertz CT molecular complexity index is 611. The van der Waals surface area contributed by atoms with Crippen LogP contribution < -0.4 is 14.4 Å². The van der Waals surface area contributed by atoms with Gasteiger partial charge in [0.15, 0.2) is 0 Å².